The Hall–Kier alpha value is -2.87. The van der Waals surface area contributed by atoms with Crippen molar-refractivity contribution in [3.63, 3.8) is 0 Å². The van der Waals surface area contributed by atoms with E-state index < -0.39 is 66.1 Å². The molecule has 0 aromatic heterocycles. The first-order valence-electron chi connectivity index (χ1n) is 9.55. The van der Waals surface area contributed by atoms with Crippen LogP contribution in [0.15, 0.2) is 0 Å². The number of carbonyl (C=O) groups excluding carboxylic acids is 5. The number of thiol groups is 1. The summed E-state index contributed by atoms with van der Waals surface area (Å²) in [7, 11) is 0. The van der Waals surface area contributed by atoms with Crippen LogP contribution in [-0.2, 0) is 28.8 Å². The first-order chi connectivity index (χ1) is 14.5. The van der Waals surface area contributed by atoms with Gasteiger partial charge >= 0.3 is 5.97 Å². The summed E-state index contributed by atoms with van der Waals surface area (Å²) >= 11 is 4.00. The monoisotopic (exact) mass is 460 g/mol. The van der Waals surface area contributed by atoms with E-state index in [0.29, 0.717) is 6.42 Å². The molecule has 13 nitrogen and oxygen atoms in total. The number of nitrogens with one attached hydrogen (secondary N) is 2. The molecule has 0 bridgehead atoms. The van der Waals surface area contributed by atoms with Crippen LogP contribution in [0.1, 0.15) is 32.1 Å². The normalized spacial score (nSPS) is 18.5. The Kier molecular flexibility index (Phi) is 10.2. The van der Waals surface area contributed by atoms with Crippen LogP contribution in [0, 0.1) is 0 Å². The number of nitrogens with zero attached hydrogens (tertiary/aromatic N) is 1. The minimum Gasteiger partial charge on any atom is -0.480 e. The van der Waals surface area contributed by atoms with Gasteiger partial charge in [-0.15, -0.1) is 0 Å². The van der Waals surface area contributed by atoms with E-state index in [1.807, 2.05) is 0 Å². The molecule has 1 rings (SSSR count). The van der Waals surface area contributed by atoms with Crippen LogP contribution in [0.5, 0.6) is 0 Å². The number of carboxylic acids is 1. The lowest BCUT2D eigenvalue weighted by Gasteiger charge is -2.28. The van der Waals surface area contributed by atoms with Gasteiger partial charge in [0.05, 0.1) is 12.5 Å². The highest BCUT2D eigenvalue weighted by Crippen LogP contribution is 2.19. The number of aliphatic carboxylic acids is 1. The summed E-state index contributed by atoms with van der Waals surface area (Å²) in [4.78, 5) is 72.2. The zero-order valence-electron chi connectivity index (χ0n) is 16.8. The third-order valence-corrected chi connectivity index (χ3v) is 5.05. The van der Waals surface area contributed by atoms with E-state index in [-0.39, 0.29) is 31.6 Å². The molecule has 1 saturated heterocycles. The van der Waals surface area contributed by atoms with Crippen molar-refractivity contribution in [3.05, 3.63) is 0 Å². The number of likely N-dealkylation sites (tertiary alicyclic amines) is 1. The zero-order valence-corrected chi connectivity index (χ0v) is 17.7. The van der Waals surface area contributed by atoms with E-state index >= 15 is 0 Å². The van der Waals surface area contributed by atoms with Crippen molar-refractivity contribution in [2.75, 3.05) is 12.3 Å². The summed E-state index contributed by atoms with van der Waals surface area (Å²) in [5.74, 6) is -5.14. The molecule has 0 spiro atoms. The van der Waals surface area contributed by atoms with Gasteiger partial charge in [0.15, 0.2) is 0 Å². The number of carboxylic acid groups (broad SMARTS) is 1. The molecule has 14 heteroatoms. The maximum Gasteiger partial charge on any atom is 0.326 e. The lowest BCUT2D eigenvalue weighted by Crippen LogP contribution is -2.58. The van der Waals surface area contributed by atoms with E-state index in [0.717, 1.165) is 4.90 Å². The molecule has 174 valence electrons. The van der Waals surface area contributed by atoms with E-state index in [1.54, 1.807) is 0 Å². The van der Waals surface area contributed by atoms with E-state index in [1.165, 1.54) is 0 Å². The Morgan fingerprint density at radius 1 is 1.03 bits per heavy atom. The second kappa shape index (κ2) is 12.1. The fourth-order valence-corrected chi connectivity index (χ4v) is 3.34. The molecular weight excluding hydrogens is 432 g/mol. The van der Waals surface area contributed by atoms with Gasteiger partial charge in [-0.05, 0) is 19.3 Å². The molecule has 31 heavy (non-hydrogen) atoms. The van der Waals surface area contributed by atoms with Crippen molar-refractivity contribution in [3.8, 4) is 0 Å². The lowest BCUT2D eigenvalue weighted by atomic mass is 10.1. The van der Waals surface area contributed by atoms with Crippen LogP contribution in [0.2, 0.25) is 0 Å². The van der Waals surface area contributed by atoms with Crippen LogP contribution in [0.25, 0.3) is 0 Å². The fraction of sp³-hybridized carbons (Fsp3) is 0.647. The molecule has 9 N–H and O–H groups in total. The Labute approximate surface area is 183 Å². The van der Waals surface area contributed by atoms with E-state index in [4.69, 9.17) is 17.2 Å². The number of hydrogen-bond acceptors (Lipinski definition) is 8. The molecule has 0 radical (unpaired) electrons. The van der Waals surface area contributed by atoms with E-state index in [2.05, 4.69) is 23.3 Å². The molecule has 0 saturated carbocycles. The van der Waals surface area contributed by atoms with Gasteiger partial charge in [-0.1, -0.05) is 0 Å². The van der Waals surface area contributed by atoms with Crippen LogP contribution in [-0.4, -0.2) is 82.0 Å². The average Bonchev–Trinajstić information content (AvgIpc) is 3.17. The molecule has 0 aromatic carbocycles. The van der Waals surface area contributed by atoms with Crippen molar-refractivity contribution < 1.29 is 33.9 Å². The number of hydrogen-bond donors (Lipinski definition) is 7. The van der Waals surface area contributed by atoms with Crippen molar-refractivity contribution in [2.45, 2.75) is 56.3 Å². The minimum atomic E-state index is -1.28. The van der Waals surface area contributed by atoms with Crippen LogP contribution in [0.4, 0.5) is 0 Å². The highest BCUT2D eigenvalue weighted by molar-refractivity contribution is 7.80. The van der Waals surface area contributed by atoms with E-state index in [9.17, 15) is 33.9 Å². The molecule has 4 unspecified atom stereocenters. The number of amides is 5. The van der Waals surface area contributed by atoms with Gasteiger partial charge in [0, 0.05) is 18.7 Å². The quantitative estimate of drug-likeness (QED) is 0.144. The summed E-state index contributed by atoms with van der Waals surface area (Å²) in [5.41, 5.74) is 15.7. The first-order valence-corrected chi connectivity index (χ1v) is 10.2. The zero-order chi connectivity index (χ0) is 23.7. The molecule has 1 heterocycles. The lowest BCUT2D eigenvalue weighted by molar-refractivity contribution is -0.149. The van der Waals surface area contributed by atoms with Crippen molar-refractivity contribution >= 4 is 48.1 Å². The van der Waals surface area contributed by atoms with Gasteiger partial charge in [-0.2, -0.15) is 12.6 Å². The number of primary amides is 2. The second-order valence-corrected chi connectivity index (χ2v) is 7.48. The third kappa shape index (κ3) is 8.05. The third-order valence-electron chi connectivity index (χ3n) is 4.69. The van der Waals surface area contributed by atoms with Crippen LogP contribution in [0.3, 0.4) is 0 Å². The molecule has 0 aliphatic carbocycles. The number of nitrogens with two attached hydrogens (primary N) is 3. The Morgan fingerprint density at radius 3 is 2.16 bits per heavy atom. The summed E-state index contributed by atoms with van der Waals surface area (Å²) in [6.07, 6.45) is -0.0737. The molecular formula is C17H28N6O7S. The van der Waals surface area contributed by atoms with Gasteiger partial charge in [0.2, 0.25) is 29.5 Å². The SMILES string of the molecule is NC(=O)CCC(NC(=O)C(CS)NC(=O)C(N)CC(N)=O)C(=O)N1CCCC1C(=O)O. The van der Waals surface area contributed by atoms with Crippen LogP contribution < -0.4 is 27.8 Å². The summed E-state index contributed by atoms with van der Waals surface area (Å²) in [6, 6.07) is -4.76. The smallest absolute Gasteiger partial charge is 0.326 e. The van der Waals surface area contributed by atoms with Crippen molar-refractivity contribution in [1.82, 2.24) is 15.5 Å². The predicted molar refractivity (Wildman–Crippen MR) is 110 cm³/mol. The minimum absolute atomic E-state index is 0.156. The maximum atomic E-state index is 12.9. The van der Waals surface area contributed by atoms with Gasteiger partial charge < -0.3 is 37.8 Å². The maximum absolute atomic E-state index is 12.9. The van der Waals surface area contributed by atoms with Gasteiger partial charge in [0.1, 0.15) is 18.1 Å². The number of carbonyl (C=O) groups is 6. The number of rotatable bonds is 12. The van der Waals surface area contributed by atoms with Gasteiger partial charge in [-0.3, -0.25) is 24.0 Å². The second-order valence-electron chi connectivity index (χ2n) is 7.11. The van der Waals surface area contributed by atoms with Crippen molar-refractivity contribution in [1.29, 1.82) is 0 Å². The molecule has 1 fully saturated rings. The summed E-state index contributed by atoms with van der Waals surface area (Å²) < 4.78 is 0. The van der Waals surface area contributed by atoms with Gasteiger partial charge in [-0.25, -0.2) is 4.79 Å². The highest BCUT2D eigenvalue weighted by Gasteiger charge is 2.38. The molecule has 5 amide bonds. The first kappa shape index (κ1) is 26.2. The standard InChI is InChI=1S/C17H28N6O7S/c18-8(6-13(20)25)14(26)22-10(7-31)15(27)21-9(3-4-12(19)24)16(28)23-5-1-2-11(23)17(29)30/h8-11,31H,1-7,18H2,(H2,19,24)(H2,20,25)(H,21,27)(H,22,26)(H,29,30). The average molecular weight is 461 g/mol. The van der Waals surface area contributed by atoms with Crippen LogP contribution >= 0.6 is 12.6 Å². The highest BCUT2D eigenvalue weighted by atomic mass is 32.1. The topological polar surface area (TPSA) is 228 Å². The Bertz CT molecular complexity index is 734. The predicted octanol–water partition coefficient (Wildman–Crippen LogP) is -3.57. The largest absolute Gasteiger partial charge is 0.480 e. The molecule has 1 aliphatic rings. The Morgan fingerprint density at radius 2 is 1.65 bits per heavy atom. The molecule has 1 aliphatic heterocycles. The molecule has 4 atom stereocenters. The van der Waals surface area contributed by atoms with Gasteiger partial charge in [0.25, 0.3) is 0 Å². The fourth-order valence-electron chi connectivity index (χ4n) is 3.09. The van der Waals surface area contributed by atoms with Crippen molar-refractivity contribution in [2.24, 2.45) is 17.2 Å². The Balaban J connectivity index is 2.91. The molecule has 0 aromatic rings. The summed E-state index contributed by atoms with van der Waals surface area (Å²) in [5, 5.41) is 14.0. The summed E-state index contributed by atoms with van der Waals surface area (Å²) in [6.45, 7) is 0.188.